The highest BCUT2D eigenvalue weighted by Gasteiger charge is 2.20. The van der Waals surface area contributed by atoms with Crippen molar-refractivity contribution in [2.75, 3.05) is 24.7 Å². The molecular weight excluding hydrogens is 555 g/mol. The van der Waals surface area contributed by atoms with Gasteiger partial charge in [0.2, 0.25) is 25.4 Å². The smallest absolute Gasteiger partial charge is 0.262 e. The Hall–Kier alpha value is -4.78. The lowest BCUT2D eigenvalue weighted by molar-refractivity contribution is -0.121. The Morgan fingerprint density at radius 2 is 1.61 bits per heavy atom. The molecule has 0 bridgehead atoms. The van der Waals surface area contributed by atoms with Gasteiger partial charge < -0.3 is 29.6 Å². The normalized spacial score (nSPS) is 12.9. The van der Waals surface area contributed by atoms with Crippen LogP contribution in [0.25, 0.3) is 10.9 Å². The van der Waals surface area contributed by atoms with E-state index in [1.54, 1.807) is 24.3 Å². The maximum Gasteiger partial charge on any atom is 0.262 e. The summed E-state index contributed by atoms with van der Waals surface area (Å²) in [4.78, 5) is 43.5. The number of nitrogens with zero attached hydrogens (tertiary/aromatic N) is 2. The number of benzene rings is 3. The van der Waals surface area contributed by atoms with Crippen molar-refractivity contribution in [1.29, 1.82) is 0 Å². The molecule has 11 nitrogen and oxygen atoms in total. The molecule has 2 amide bonds. The predicted octanol–water partition coefficient (Wildman–Crippen LogP) is 3.43. The number of carbonyl (C=O) groups excluding carboxylic acids is 2. The Morgan fingerprint density at radius 3 is 2.39 bits per heavy atom. The Morgan fingerprint density at radius 1 is 0.902 bits per heavy atom. The lowest BCUT2D eigenvalue weighted by Gasteiger charge is -2.14. The van der Waals surface area contributed by atoms with E-state index in [2.05, 4.69) is 15.6 Å². The van der Waals surface area contributed by atoms with Crippen LogP contribution in [0.5, 0.6) is 23.0 Å². The molecule has 13 heteroatoms. The van der Waals surface area contributed by atoms with Crippen LogP contribution in [0.3, 0.4) is 0 Å². The van der Waals surface area contributed by atoms with Crippen LogP contribution >= 0.6 is 11.8 Å². The zero-order valence-electron chi connectivity index (χ0n) is 21.5. The minimum absolute atomic E-state index is 0.00245. The molecule has 0 radical (unpaired) electrons. The van der Waals surface area contributed by atoms with Crippen molar-refractivity contribution in [3.63, 3.8) is 0 Å². The van der Waals surface area contributed by atoms with Gasteiger partial charge in [-0.2, -0.15) is 0 Å². The average molecular weight is 579 g/mol. The highest BCUT2D eigenvalue weighted by Crippen LogP contribution is 2.35. The van der Waals surface area contributed by atoms with Crippen molar-refractivity contribution < 1.29 is 32.9 Å². The van der Waals surface area contributed by atoms with Gasteiger partial charge in [0.15, 0.2) is 28.2 Å². The number of carbonyl (C=O) groups is 2. The van der Waals surface area contributed by atoms with Crippen LogP contribution in [0, 0.1) is 5.82 Å². The lowest BCUT2D eigenvalue weighted by Crippen LogP contribution is -2.29. The van der Waals surface area contributed by atoms with E-state index in [0.29, 0.717) is 39.6 Å². The molecule has 2 aliphatic heterocycles. The first-order chi connectivity index (χ1) is 19.9. The minimum Gasteiger partial charge on any atom is -0.454 e. The third-order valence-corrected chi connectivity index (χ3v) is 7.34. The highest BCUT2D eigenvalue weighted by atomic mass is 32.2. The number of rotatable bonds is 9. The molecule has 2 aliphatic rings. The van der Waals surface area contributed by atoms with Gasteiger partial charge in [-0.05, 0) is 48.0 Å². The fraction of sp³-hybridized carbons (Fsp3) is 0.214. The molecule has 4 aromatic rings. The summed E-state index contributed by atoms with van der Waals surface area (Å²) in [5, 5.41) is 6.09. The zero-order chi connectivity index (χ0) is 28.3. The predicted molar refractivity (Wildman–Crippen MR) is 147 cm³/mol. The van der Waals surface area contributed by atoms with Crippen LogP contribution in [-0.2, 0) is 22.7 Å². The van der Waals surface area contributed by atoms with E-state index in [1.165, 1.54) is 28.8 Å². The van der Waals surface area contributed by atoms with Gasteiger partial charge in [0.1, 0.15) is 5.82 Å². The van der Waals surface area contributed by atoms with E-state index in [-0.39, 0.29) is 61.4 Å². The Balaban J connectivity index is 1.17. The number of hydrogen-bond donors (Lipinski definition) is 2. The first-order valence-corrected chi connectivity index (χ1v) is 13.6. The molecule has 2 N–H and O–H groups in total. The molecule has 3 heterocycles. The zero-order valence-corrected chi connectivity index (χ0v) is 22.3. The standard InChI is InChI=1S/C28H23FN4O7S/c29-17-2-4-18(5-3-17)31-26(35)13-41-28-32-20-11-24-23(39-15-40-24)10-19(20)27(36)33(28)8-7-25(34)30-12-16-1-6-21-22(9-16)38-14-37-21/h1-6,9-11H,7-8,12-15H2,(H,30,34)(H,31,35). The molecule has 6 rings (SSSR count). The molecule has 0 saturated carbocycles. The molecule has 0 spiro atoms. The van der Waals surface area contributed by atoms with E-state index >= 15 is 0 Å². The summed E-state index contributed by atoms with van der Waals surface area (Å²) in [5.41, 5.74) is 1.28. The van der Waals surface area contributed by atoms with Gasteiger partial charge in [-0.1, -0.05) is 17.8 Å². The van der Waals surface area contributed by atoms with E-state index in [0.717, 1.165) is 17.3 Å². The molecule has 3 aromatic carbocycles. The molecule has 0 fully saturated rings. The molecule has 1 aromatic heterocycles. The van der Waals surface area contributed by atoms with Crippen molar-refractivity contribution in [3.05, 3.63) is 76.3 Å². The van der Waals surface area contributed by atoms with Crippen LogP contribution in [0.2, 0.25) is 0 Å². The first-order valence-electron chi connectivity index (χ1n) is 12.6. The Kier molecular flexibility index (Phi) is 7.33. The van der Waals surface area contributed by atoms with Crippen LogP contribution in [0.4, 0.5) is 10.1 Å². The maximum atomic E-state index is 13.5. The van der Waals surface area contributed by atoms with Crippen LogP contribution in [0.1, 0.15) is 12.0 Å². The van der Waals surface area contributed by atoms with Gasteiger partial charge in [-0.15, -0.1) is 0 Å². The molecule has 210 valence electrons. The fourth-order valence-electron chi connectivity index (χ4n) is 4.31. The van der Waals surface area contributed by atoms with Gasteiger partial charge in [-0.3, -0.25) is 19.0 Å². The second-order valence-corrected chi connectivity index (χ2v) is 10.1. The van der Waals surface area contributed by atoms with Crippen molar-refractivity contribution in [2.45, 2.75) is 24.7 Å². The summed E-state index contributed by atoms with van der Waals surface area (Å²) in [6, 6.07) is 14.0. The quantitative estimate of drug-likeness (QED) is 0.227. The monoisotopic (exact) mass is 578 g/mol. The van der Waals surface area contributed by atoms with Gasteiger partial charge in [0.25, 0.3) is 5.56 Å². The number of hydrogen-bond acceptors (Lipinski definition) is 9. The lowest BCUT2D eigenvalue weighted by atomic mass is 10.2. The van der Waals surface area contributed by atoms with Crippen LogP contribution in [-0.4, -0.2) is 40.7 Å². The number of nitrogens with one attached hydrogen (secondary N) is 2. The largest absolute Gasteiger partial charge is 0.454 e. The molecule has 41 heavy (non-hydrogen) atoms. The molecule has 0 saturated heterocycles. The van der Waals surface area contributed by atoms with Crippen molar-refractivity contribution in [1.82, 2.24) is 14.9 Å². The Labute approximate surface area is 236 Å². The van der Waals surface area contributed by atoms with E-state index in [9.17, 15) is 18.8 Å². The summed E-state index contributed by atoms with van der Waals surface area (Å²) >= 11 is 1.05. The molecule has 0 atom stereocenters. The van der Waals surface area contributed by atoms with Crippen molar-refractivity contribution in [2.24, 2.45) is 0 Å². The number of fused-ring (bicyclic) bond motifs is 3. The second-order valence-electron chi connectivity index (χ2n) is 9.13. The number of thioether (sulfide) groups is 1. The van der Waals surface area contributed by atoms with Gasteiger partial charge in [-0.25, -0.2) is 9.37 Å². The van der Waals surface area contributed by atoms with E-state index in [1.807, 2.05) is 6.07 Å². The summed E-state index contributed by atoms with van der Waals surface area (Å²) < 4.78 is 36.1. The Bertz CT molecular complexity index is 1710. The number of amides is 2. The topological polar surface area (TPSA) is 130 Å². The van der Waals surface area contributed by atoms with Gasteiger partial charge in [0, 0.05) is 31.3 Å². The third kappa shape index (κ3) is 5.89. The van der Waals surface area contributed by atoms with Gasteiger partial charge >= 0.3 is 0 Å². The third-order valence-electron chi connectivity index (χ3n) is 6.36. The summed E-state index contributed by atoms with van der Waals surface area (Å²) in [5.74, 6) is 1.05. The molecular formula is C28H23FN4O7S. The fourth-order valence-corrected chi connectivity index (χ4v) is 5.14. The maximum absolute atomic E-state index is 13.5. The number of ether oxygens (including phenoxy) is 4. The minimum atomic E-state index is -0.414. The highest BCUT2D eigenvalue weighted by molar-refractivity contribution is 7.99. The number of aromatic nitrogens is 2. The number of anilines is 1. The summed E-state index contributed by atoms with van der Waals surface area (Å²) in [6.45, 7) is 0.504. The SMILES string of the molecule is O=C(CCn1c(SCC(=O)Nc2ccc(F)cc2)nc2cc3c(cc2c1=O)OCO3)NCc1ccc2c(c1)OCO2. The van der Waals surface area contributed by atoms with Crippen molar-refractivity contribution in [3.8, 4) is 23.0 Å². The van der Waals surface area contributed by atoms with Crippen LogP contribution in [0.15, 0.2) is 64.5 Å². The summed E-state index contributed by atoms with van der Waals surface area (Å²) in [6.07, 6.45) is -0.00245. The van der Waals surface area contributed by atoms with Gasteiger partial charge in [0.05, 0.1) is 16.7 Å². The second kappa shape index (κ2) is 11.4. The summed E-state index contributed by atoms with van der Waals surface area (Å²) in [7, 11) is 0. The van der Waals surface area contributed by atoms with Crippen molar-refractivity contribution >= 4 is 40.2 Å². The van der Waals surface area contributed by atoms with E-state index < -0.39 is 5.82 Å². The molecule has 0 aliphatic carbocycles. The molecule has 0 unspecified atom stereocenters. The first kappa shape index (κ1) is 26.4. The van der Waals surface area contributed by atoms with Crippen LogP contribution < -0.4 is 35.1 Å². The average Bonchev–Trinajstić information content (AvgIpc) is 3.63. The van der Waals surface area contributed by atoms with E-state index in [4.69, 9.17) is 18.9 Å². The number of halogens is 1.